The first-order chi connectivity index (χ1) is 9.40. The number of carbonyl (C=O) groups is 1. The topological polar surface area (TPSA) is 142 Å². The summed E-state index contributed by atoms with van der Waals surface area (Å²) in [7, 11) is 0. The molecule has 8 nitrogen and oxygen atoms in total. The zero-order valence-electron chi connectivity index (χ0n) is 10.3. The van der Waals surface area contributed by atoms with Crippen molar-refractivity contribution in [3.05, 3.63) is 24.3 Å². The van der Waals surface area contributed by atoms with Gasteiger partial charge in [-0.3, -0.25) is 0 Å². The van der Waals surface area contributed by atoms with E-state index in [1.807, 2.05) is 0 Å². The Balaban J connectivity index is 2.13. The number of hydrogen-bond acceptors (Lipinski definition) is 7. The van der Waals surface area contributed by atoms with Crippen LogP contribution in [0.15, 0.2) is 24.3 Å². The van der Waals surface area contributed by atoms with Gasteiger partial charge in [-0.1, -0.05) is 0 Å². The third kappa shape index (κ3) is 2.83. The van der Waals surface area contributed by atoms with Crippen molar-refractivity contribution in [1.82, 2.24) is 0 Å². The van der Waals surface area contributed by atoms with Crippen LogP contribution in [0.25, 0.3) is 0 Å². The first-order valence-electron chi connectivity index (χ1n) is 5.85. The van der Waals surface area contributed by atoms with Gasteiger partial charge >= 0.3 is 5.97 Å². The van der Waals surface area contributed by atoms with Gasteiger partial charge in [0, 0.05) is 5.69 Å². The van der Waals surface area contributed by atoms with Gasteiger partial charge in [0.2, 0.25) is 6.29 Å². The van der Waals surface area contributed by atoms with E-state index in [-0.39, 0.29) is 5.75 Å². The second kappa shape index (κ2) is 5.63. The Morgan fingerprint density at radius 2 is 1.70 bits per heavy atom. The van der Waals surface area contributed by atoms with Gasteiger partial charge in [0.25, 0.3) is 0 Å². The van der Waals surface area contributed by atoms with Crippen LogP contribution >= 0.6 is 0 Å². The number of benzene rings is 1. The molecule has 2 rings (SSSR count). The van der Waals surface area contributed by atoms with Crippen molar-refractivity contribution in [1.29, 1.82) is 0 Å². The normalized spacial score (nSPS) is 33.6. The summed E-state index contributed by atoms with van der Waals surface area (Å²) in [4.78, 5) is 10.9. The van der Waals surface area contributed by atoms with E-state index < -0.39 is 36.7 Å². The number of anilines is 1. The van der Waals surface area contributed by atoms with Crippen molar-refractivity contribution >= 4 is 11.7 Å². The number of ether oxygens (including phenoxy) is 2. The van der Waals surface area contributed by atoms with E-state index in [1.54, 1.807) is 12.1 Å². The molecule has 8 heteroatoms. The Labute approximate surface area is 114 Å². The minimum atomic E-state index is -1.74. The third-order valence-corrected chi connectivity index (χ3v) is 2.95. The molecule has 0 amide bonds. The van der Waals surface area contributed by atoms with Crippen LogP contribution in [0.3, 0.4) is 0 Å². The summed E-state index contributed by atoms with van der Waals surface area (Å²) in [6, 6.07) is 6.09. The van der Waals surface area contributed by atoms with Gasteiger partial charge in [0.15, 0.2) is 6.10 Å². The van der Waals surface area contributed by atoms with Gasteiger partial charge in [-0.25, -0.2) is 4.79 Å². The highest BCUT2D eigenvalue weighted by atomic mass is 16.7. The van der Waals surface area contributed by atoms with Gasteiger partial charge in [-0.2, -0.15) is 0 Å². The average Bonchev–Trinajstić information content (AvgIpc) is 2.41. The largest absolute Gasteiger partial charge is 0.479 e. The predicted octanol–water partition coefficient (Wildman–Crippen LogP) is -1.46. The molecule has 1 fully saturated rings. The first kappa shape index (κ1) is 14.5. The smallest absolute Gasteiger partial charge is 0.335 e. The van der Waals surface area contributed by atoms with Gasteiger partial charge in [-0.15, -0.1) is 0 Å². The van der Waals surface area contributed by atoms with Crippen LogP contribution in [0.4, 0.5) is 5.69 Å². The fourth-order valence-corrected chi connectivity index (χ4v) is 1.83. The van der Waals surface area contributed by atoms with E-state index in [4.69, 9.17) is 20.3 Å². The van der Waals surface area contributed by atoms with Crippen LogP contribution in [0.5, 0.6) is 5.75 Å². The van der Waals surface area contributed by atoms with Crippen molar-refractivity contribution in [2.75, 3.05) is 5.73 Å². The highest BCUT2D eigenvalue weighted by Crippen LogP contribution is 2.24. The van der Waals surface area contributed by atoms with Crippen molar-refractivity contribution < 1.29 is 34.7 Å². The number of aliphatic hydroxyl groups is 3. The monoisotopic (exact) mass is 285 g/mol. The lowest BCUT2D eigenvalue weighted by atomic mass is 9.99. The fourth-order valence-electron chi connectivity index (χ4n) is 1.83. The second-order valence-electron chi connectivity index (χ2n) is 4.42. The number of aliphatic hydroxyl groups excluding tert-OH is 3. The molecule has 20 heavy (non-hydrogen) atoms. The van der Waals surface area contributed by atoms with E-state index in [2.05, 4.69) is 0 Å². The molecule has 0 bridgehead atoms. The summed E-state index contributed by atoms with van der Waals surface area (Å²) < 4.78 is 10.2. The van der Waals surface area contributed by atoms with Gasteiger partial charge < -0.3 is 35.6 Å². The maximum atomic E-state index is 10.9. The molecule has 0 saturated carbocycles. The third-order valence-electron chi connectivity index (χ3n) is 2.95. The van der Waals surface area contributed by atoms with Crippen molar-refractivity contribution in [2.45, 2.75) is 30.7 Å². The molecule has 110 valence electrons. The molecule has 0 aromatic heterocycles. The minimum Gasteiger partial charge on any atom is -0.479 e. The molecule has 1 aromatic rings. The number of carboxylic acids is 1. The molecular formula is C12H15NO7. The van der Waals surface area contributed by atoms with Gasteiger partial charge in [-0.05, 0) is 24.3 Å². The Kier molecular flexibility index (Phi) is 4.09. The van der Waals surface area contributed by atoms with Crippen molar-refractivity contribution in [3.63, 3.8) is 0 Å². The fraction of sp³-hybridized carbons (Fsp3) is 0.417. The molecule has 0 spiro atoms. The highest BCUT2D eigenvalue weighted by Gasteiger charge is 2.48. The summed E-state index contributed by atoms with van der Waals surface area (Å²) in [5, 5.41) is 37.8. The zero-order valence-corrected chi connectivity index (χ0v) is 10.3. The first-order valence-corrected chi connectivity index (χ1v) is 5.85. The summed E-state index contributed by atoms with van der Waals surface area (Å²) >= 11 is 0. The summed E-state index contributed by atoms with van der Waals surface area (Å²) in [6.45, 7) is 0. The lowest BCUT2D eigenvalue weighted by Gasteiger charge is -2.38. The molecule has 0 unspecified atom stereocenters. The van der Waals surface area contributed by atoms with Gasteiger partial charge in [0.1, 0.15) is 24.1 Å². The van der Waals surface area contributed by atoms with E-state index in [1.165, 1.54) is 12.1 Å². The SMILES string of the molecule is Nc1ccc(O[C@H]2O[C@H](C(=O)O)[C@@H](O)[C@H](O)[C@H]2O)cc1. The summed E-state index contributed by atoms with van der Waals surface area (Å²) in [5.74, 6) is -1.19. The average molecular weight is 285 g/mol. The Morgan fingerprint density at radius 3 is 2.25 bits per heavy atom. The summed E-state index contributed by atoms with van der Waals surface area (Å²) in [5.41, 5.74) is 6.00. The molecule has 1 aliphatic rings. The predicted molar refractivity (Wildman–Crippen MR) is 65.8 cm³/mol. The highest BCUT2D eigenvalue weighted by molar-refractivity contribution is 5.73. The van der Waals surface area contributed by atoms with Crippen LogP contribution in [-0.2, 0) is 9.53 Å². The molecule has 0 aliphatic carbocycles. The summed E-state index contributed by atoms with van der Waals surface area (Å²) in [6.07, 6.45) is -8.12. The van der Waals surface area contributed by atoms with Crippen LogP contribution in [0, 0.1) is 0 Å². The zero-order chi connectivity index (χ0) is 14.9. The van der Waals surface area contributed by atoms with Crippen LogP contribution in [-0.4, -0.2) is 57.1 Å². The van der Waals surface area contributed by atoms with E-state index in [9.17, 15) is 20.1 Å². The molecule has 6 N–H and O–H groups in total. The molecule has 1 saturated heterocycles. The minimum absolute atomic E-state index is 0.274. The number of carboxylic acid groups (broad SMARTS) is 1. The quantitative estimate of drug-likeness (QED) is 0.424. The maximum Gasteiger partial charge on any atom is 0.335 e. The maximum absolute atomic E-state index is 10.9. The molecule has 0 radical (unpaired) electrons. The molecule has 1 aliphatic heterocycles. The number of nitrogens with two attached hydrogens (primary N) is 1. The lowest BCUT2D eigenvalue weighted by molar-refractivity contribution is -0.271. The van der Waals surface area contributed by atoms with Crippen molar-refractivity contribution in [3.8, 4) is 5.75 Å². The second-order valence-corrected chi connectivity index (χ2v) is 4.42. The molecule has 5 atom stereocenters. The van der Waals surface area contributed by atoms with Crippen molar-refractivity contribution in [2.24, 2.45) is 0 Å². The van der Waals surface area contributed by atoms with Crippen LogP contribution in [0.1, 0.15) is 0 Å². The van der Waals surface area contributed by atoms with Crippen LogP contribution < -0.4 is 10.5 Å². The number of rotatable bonds is 3. The Hall–Kier alpha value is -1.87. The Bertz CT molecular complexity index is 477. The van der Waals surface area contributed by atoms with E-state index in [0.717, 1.165) is 0 Å². The standard InChI is InChI=1S/C12H15NO7/c13-5-1-3-6(4-2-5)19-12-9(16)7(14)8(15)10(20-12)11(17)18/h1-4,7-10,12,14-16H,13H2,(H,17,18)/t7-,8-,9+,10-,12-/m0/s1. The molecule has 1 aromatic carbocycles. The molecule has 1 heterocycles. The number of aliphatic carboxylic acids is 1. The van der Waals surface area contributed by atoms with E-state index in [0.29, 0.717) is 5.69 Å². The van der Waals surface area contributed by atoms with Gasteiger partial charge in [0.05, 0.1) is 0 Å². The Morgan fingerprint density at radius 1 is 1.10 bits per heavy atom. The molecular weight excluding hydrogens is 270 g/mol. The lowest BCUT2D eigenvalue weighted by Crippen LogP contribution is -2.61. The van der Waals surface area contributed by atoms with E-state index >= 15 is 0 Å². The number of nitrogen functional groups attached to an aromatic ring is 1. The van der Waals surface area contributed by atoms with Crippen LogP contribution in [0.2, 0.25) is 0 Å². The number of hydrogen-bond donors (Lipinski definition) is 5.